The summed E-state index contributed by atoms with van der Waals surface area (Å²) in [6, 6.07) is 8.45. The number of aliphatic hydroxyl groups is 5. The van der Waals surface area contributed by atoms with Gasteiger partial charge in [-0.1, -0.05) is 50.1 Å². The number of aliphatic hydroxyl groups excluding tert-OH is 4. The molecule has 1 heterocycles. The summed E-state index contributed by atoms with van der Waals surface area (Å²) in [4.78, 5) is 0. The Morgan fingerprint density at radius 1 is 1.04 bits per heavy atom. The van der Waals surface area contributed by atoms with Gasteiger partial charge in [-0.15, -0.1) is 0 Å². The van der Waals surface area contributed by atoms with Gasteiger partial charge in [0, 0.05) is 6.42 Å². The Kier molecular flexibility index (Phi) is 5.78. The van der Waals surface area contributed by atoms with Crippen molar-refractivity contribution in [1.82, 2.24) is 0 Å². The van der Waals surface area contributed by atoms with Gasteiger partial charge in [-0.3, -0.25) is 0 Å². The first-order valence-corrected chi connectivity index (χ1v) is 8.04. The van der Waals surface area contributed by atoms with Crippen LogP contribution in [0.1, 0.15) is 38.2 Å². The third kappa shape index (κ3) is 3.28. The van der Waals surface area contributed by atoms with E-state index in [-0.39, 0.29) is 6.42 Å². The lowest BCUT2D eigenvalue weighted by Crippen LogP contribution is -2.69. The molecule has 23 heavy (non-hydrogen) atoms. The third-order valence-electron chi connectivity index (χ3n) is 4.58. The molecule has 0 bridgehead atoms. The minimum absolute atomic E-state index is 0.0976. The highest BCUT2D eigenvalue weighted by Crippen LogP contribution is 2.43. The quantitative estimate of drug-likeness (QED) is 0.480. The van der Waals surface area contributed by atoms with Crippen molar-refractivity contribution in [3.05, 3.63) is 35.9 Å². The molecule has 1 aromatic carbocycles. The van der Waals surface area contributed by atoms with E-state index in [1.807, 2.05) is 6.92 Å². The molecule has 1 aromatic rings. The average molecular weight is 326 g/mol. The fourth-order valence-electron chi connectivity index (χ4n) is 3.15. The van der Waals surface area contributed by atoms with Crippen LogP contribution in [0.4, 0.5) is 0 Å². The van der Waals surface area contributed by atoms with Crippen LogP contribution in [0.3, 0.4) is 0 Å². The monoisotopic (exact) mass is 326 g/mol. The van der Waals surface area contributed by atoms with Gasteiger partial charge >= 0.3 is 0 Å². The van der Waals surface area contributed by atoms with Gasteiger partial charge in [0.2, 0.25) is 0 Å². The smallest absolute Gasteiger partial charge is 0.195 e. The fourth-order valence-corrected chi connectivity index (χ4v) is 3.15. The summed E-state index contributed by atoms with van der Waals surface area (Å²) in [5.41, 5.74) is -1.27. The molecular formula is C17H26O6. The SMILES string of the molecule is CCCCC[C@@]1(O)O[C@@](CO)(c2ccccc2)[C@H](O)[C@H](O)[C@H]1O. The van der Waals surface area contributed by atoms with Crippen LogP contribution in [-0.4, -0.2) is 56.2 Å². The molecular weight excluding hydrogens is 300 g/mol. The van der Waals surface area contributed by atoms with Gasteiger partial charge in [-0.05, 0) is 12.0 Å². The maximum atomic E-state index is 10.7. The molecule has 0 aromatic heterocycles. The van der Waals surface area contributed by atoms with E-state index < -0.39 is 36.3 Å². The standard InChI is InChI=1S/C17H26O6/c1-2-3-7-10-17(22)15(21)13(19)14(20)16(11-18,23-17)12-8-5-4-6-9-12/h4-6,8-9,13-15,18-22H,2-3,7,10-11H2,1H3/t13-,14+,15+,16-,17+/m0/s1. The van der Waals surface area contributed by atoms with Crippen LogP contribution in [0.2, 0.25) is 0 Å². The van der Waals surface area contributed by atoms with E-state index in [9.17, 15) is 25.5 Å². The predicted molar refractivity (Wildman–Crippen MR) is 83.4 cm³/mol. The third-order valence-corrected chi connectivity index (χ3v) is 4.58. The normalized spacial score (nSPS) is 37.7. The molecule has 130 valence electrons. The van der Waals surface area contributed by atoms with Crippen molar-refractivity contribution < 1.29 is 30.3 Å². The highest BCUT2D eigenvalue weighted by Gasteiger charge is 2.60. The molecule has 0 spiro atoms. The van der Waals surface area contributed by atoms with Crippen molar-refractivity contribution in [3.8, 4) is 0 Å². The number of rotatable bonds is 6. The molecule has 6 heteroatoms. The van der Waals surface area contributed by atoms with Crippen LogP contribution in [-0.2, 0) is 10.3 Å². The minimum atomic E-state index is -2.04. The first-order chi connectivity index (χ1) is 10.9. The summed E-state index contributed by atoms with van der Waals surface area (Å²) in [6.07, 6.45) is -2.43. The first kappa shape index (κ1) is 18.3. The lowest BCUT2D eigenvalue weighted by atomic mass is 9.78. The lowest BCUT2D eigenvalue weighted by Gasteiger charge is -2.52. The Bertz CT molecular complexity index is 495. The Morgan fingerprint density at radius 3 is 2.26 bits per heavy atom. The maximum absolute atomic E-state index is 10.7. The molecule has 0 aliphatic carbocycles. The van der Waals surface area contributed by atoms with Gasteiger partial charge in [0.25, 0.3) is 0 Å². The molecule has 5 atom stereocenters. The molecule has 5 N–H and O–H groups in total. The average Bonchev–Trinajstić information content (AvgIpc) is 2.58. The van der Waals surface area contributed by atoms with Crippen LogP contribution in [0.25, 0.3) is 0 Å². The molecule has 0 radical (unpaired) electrons. The van der Waals surface area contributed by atoms with Crippen LogP contribution in [0.15, 0.2) is 30.3 Å². The zero-order chi connectivity index (χ0) is 17.1. The van der Waals surface area contributed by atoms with E-state index in [0.29, 0.717) is 12.0 Å². The van der Waals surface area contributed by atoms with Gasteiger partial charge in [-0.2, -0.15) is 0 Å². The zero-order valence-corrected chi connectivity index (χ0v) is 13.3. The van der Waals surface area contributed by atoms with Gasteiger partial charge in [0.15, 0.2) is 5.79 Å². The van der Waals surface area contributed by atoms with Gasteiger partial charge < -0.3 is 30.3 Å². The summed E-state index contributed by atoms with van der Waals surface area (Å²) < 4.78 is 5.68. The Balaban J connectivity index is 2.38. The summed E-state index contributed by atoms with van der Waals surface area (Å²) in [5, 5.41) is 51.4. The Morgan fingerprint density at radius 2 is 1.70 bits per heavy atom. The lowest BCUT2D eigenvalue weighted by molar-refractivity contribution is -0.389. The van der Waals surface area contributed by atoms with Crippen LogP contribution >= 0.6 is 0 Å². The molecule has 1 saturated heterocycles. The Hall–Kier alpha value is -1.02. The van der Waals surface area contributed by atoms with E-state index >= 15 is 0 Å². The Labute approximate surface area is 136 Å². The molecule has 6 nitrogen and oxygen atoms in total. The summed E-state index contributed by atoms with van der Waals surface area (Å²) >= 11 is 0. The molecule has 2 rings (SSSR count). The van der Waals surface area contributed by atoms with E-state index in [2.05, 4.69) is 0 Å². The highest BCUT2D eigenvalue weighted by molar-refractivity contribution is 5.27. The van der Waals surface area contributed by atoms with E-state index in [0.717, 1.165) is 12.8 Å². The fraction of sp³-hybridized carbons (Fsp3) is 0.647. The molecule has 1 aliphatic heterocycles. The number of benzene rings is 1. The predicted octanol–water partition coefficient (Wildman–Crippen LogP) is 0.256. The summed E-state index contributed by atoms with van der Waals surface area (Å²) in [5.74, 6) is -2.04. The number of ether oxygens (including phenoxy) is 1. The topological polar surface area (TPSA) is 110 Å². The maximum Gasteiger partial charge on any atom is 0.195 e. The summed E-state index contributed by atoms with van der Waals surface area (Å²) in [7, 11) is 0. The van der Waals surface area contributed by atoms with Crippen molar-refractivity contribution in [2.75, 3.05) is 6.61 Å². The second-order valence-corrected chi connectivity index (χ2v) is 6.20. The van der Waals surface area contributed by atoms with Crippen molar-refractivity contribution in [1.29, 1.82) is 0 Å². The van der Waals surface area contributed by atoms with Gasteiger partial charge in [-0.25, -0.2) is 0 Å². The first-order valence-electron chi connectivity index (χ1n) is 8.04. The number of hydrogen-bond donors (Lipinski definition) is 5. The van der Waals surface area contributed by atoms with Gasteiger partial charge in [0.1, 0.15) is 23.9 Å². The van der Waals surface area contributed by atoms with Crippen LogP contribution in [0.5, 0.6) is 0 Å². The van der Waals surface area contributed by atoms with Crippen LogP contribution in [0, 0.1) is 0 Å². The van der Waals surface area contributed by atoms with Crippen LogP contribution < -0.4 is 0 Å². The second-order valence-electron chi connectivity index (χ2n) is 6.20. The van der Waals surface area contributed by atoms with E-state index in [1.54, 1.807) is 30.3 Å². The number of hydrogen-bond acceptors (Lipinski definition) is 6. The number of unbranched alkanes of at least 4 members (excludes halogenated alkanes) is 2. The highest BCUT2D eigenvalue weighted by atomic mass is 16.7. The zero-order valence-electron chi connectivity index (χ0n) is 13.3. The molecule has 1 fully saturated rings. The minimum Gasteiger partial charge on any atom is -0.393 e. The van der Waals surface area contributed by atoms with Gasteiger partial charge in [0.05, 0.1) is 6.61 Å². The van der Waals surface area contributed by atoms with E-state index in [4.69, 9.17) is 4.74 Å². The van der Waals surface area contributed by atoms with Crippen molar-refractivity contribution in [3.63, 3.8) is 0 Å². The molecule has 0 amide bonds. The van der Waals surface area contributed by atoms with E-state index in [1.165, 1.54) is 0 Å². The molecule has 0 unspecified atom stereocenters. The second kappa shape index (κ2) is 7.25. The van der Waals surface area contributed by atoms with Crippen molar-refractivity contribution >= 4 is 0 Å². The summed E-state index contributed by atoms with van der Waals surface area (Å²) in [6.45, 7) is 1.36. The van der Waals surface area contributed by atoms with Crippen molar-refractivity contribution in [2.45, 2.75) is 62.3 Å². The molecule has 0 saturated carbocycles. The van der Waals surface area contributed by atoms with Crippen molar-refractivity contribution in [2.24, 2.45) is 0 Å². The molecule has 1 aliphatic rings. The largest absolute Gasteiger partial charge is 0.393 e.